The Labute approximate surface area is 85.3 Å². The van der Waals surface area contributed by atoms with Crippen molar-refractivity contribution in [1.82, 2.24) is 12.3 Å². The minimum atomic E-state index is -1.75. The van der Waals surface area contributed by atoms with Gasteiger partial charge in [0.1, 0.15) is 0 Å². The summed E-state index contributed by atoms with van der Waals surface area (Å²) in [5.74, 6) is 0. The topological polar surface area (TPSA) is 241 Å². The van der Waals surface area contributed by atoms with E-state index in [0.29, 0.717) is 0 Å². The van der Waals surface area contributed by atoms with E-state index in [2.05, 4.69) is 0 Å². The van der Waals surface area contributed by atoms with Crippen LogP contribution in [-0.4, -0.2) is 5.09 Å². The summed E-state index contributed by atoms with van der Waals surface area (Å²) in [6.45, 7) is 0. The van der Waals surface area contributed by atoms with Gasteiger partial charge in [-0.1, -0.05) is 0 Å². The molecule has 0 unspecified atom stereocenters. The van der Waals surface area contributed by atoms with Crippen molar-refractivity contribution in [3.8, 4) is 0 Å². The molecule has 13 heteroatoms. The SMILES string of the molecule is N.N.O=N[O-].O=N[O-].O=[N+]([O-])[O-].[Pt]. The Balaban J connectivity index is -0.0000000128. The molecule has 0 aromatic heterocycles. The van der Waals surface area contributed by atoms with Gasteiger partial charge in [-0.3, -0.25) is 0 Å². The third kappa shape index (κ3) is 406. The predicted octanol–water partition coefficient (Wildman–Crippen LogP) is 0.584. The molecule has 0 aliphatic rings. The predicted molar refractivity (Wildman–Crippen MR) is 38.7 cm³/mol. The van der Waals surface area contributed by atoms with Gasteiger partial charge >= 0.3 is 0 Å². The first kappa shape index (κ1) is 41.5. The fourth-order valence-electron chi connectivity index (χ4n) is 0. The molecule has 0 atom stereocenters. The van der Waals surface area contributed by atoms with Gasteiger partial charge in [-0.15, -0.1) is 10.7 Å². The molecule has 6 N–H and O–H groups in total. The van der Waals surface area contributed by atoms with Gasteiger partial charge in [0.2, 0.25) is 0 Å². The molecule has 0 heterocycles. The van der Waals surface area contributed by atoms with Gasteiger partial charge in [-0.25, -0.2) is 0 Å². The molecule has 0 amide bonds. The average molecular weight is 383 g/mol. The average Bonchev–Trinajstić information content (AvgIpc) is 1.65. The van der Waals surface area contributed by atoms with Gasteiger partial charge < -0.3 is 47.9 Å². The van der Waals surface area contributed by atoms with Crippen molar-refractivity contribution in [2.75, 3.05) is 0 Å². The molecule has 12 nitrogen and oxygen atoms in total. The van der Waals surface area contributed by atoms with Crippen molar-refractivity contribution >= 4 is 0 Å². The van der Waals surface area contributed by atoms with Crippen LogP contribution in [0.15, 0.2) is 10.7 Å². The van der Waals surface area contributed by atoms with E-state index < -0.39 is 5.09 Å². The molecule has 0 saturated carbocycles. The summed E-state index contributed by atoms with van der Waals surface area (Å²) in [6, 6.07) is 0. The fourth-order valence-corrected chi connectivity index (χ4v) is 0. The molecule has 0 saturated heterocycles. The van der Waals surface area contributed by atoms with E-state index in [1.54, 1.807) is 0 Å². The Kier molecular flexibility index (Phi) is 240. The number of hydrogen-bond donors (Lipinski definition) is 2. The first-order valence-electron chi connectivity index (χ1n) is 1.28. The molecule has 0 rings (SSSR count). The second-order valence-electron chi connectivity index (χ2n) is 0.373. The van der Waals surface area contributed by atoms with Gasteiger partial charge in [0.15, 0.2) is 0 Å². The van der Waals surface area contributed by atoms with Crippen molar-refractivity contribution in [1.29, 1.82) is 0 Å². The smallest absolute Gasteiger partial charge is 0.0689 e. The van der Waals surface area contributed by atoms with Crippen LogP contribution in [0.1, 0.15) is 0 Å². The summed E-state index contributed by atoms with van der Waals surface area (Å²) in [5, 5.41) is 32.8. The summed E-state index contributed by atoms with van der Waals surface area (Å²) in [7, 11) is 0. The first-order chi connectivity index (χ1) is 4.56. The zero-order valence-electron chi connectivity index (χ0n) is 5.93. The van der Waals surface area contributed by atoms with Crippen LogP contribution in [0.3, 0.4) is 0 Å². The standard InChI is InChI=1S/NO3.2HNO2.2H3N.Pt/c2-1(3)4;2*2-1-3;;;/h;2*(H,2,3);2*1H3;/q-1;;;;;/p-2. The van der Waals surface area contributed by atoms with Gasteiger partial charge in [0, 0.05) is 21.1 Å². The number of rotatable bonds is 0. The van der Waals surface area contributed by atoms with Gasteiger partial charge in [0.25, 0.3) is 0 Å². The van der Waals surface area contributed by atoms with Crippen LogP contribution < -0.4 is 12.3 Å². The van der Waals surface area contributed by atoms with Crippen LogP contribution in [0.5, 0.6) is 0 Å². The maximum absolute atomic E-state index is 8.25. The van der Waals surface area contributed by atoms with Crippen molar-refractivity contribution in [3.63, 3.8) is 0 Å². The summed E-state index contributed by atoms with van der Waals surface area (Å²) >= 11 is 0. The zero-order valence-corrected chi connectivity index (χ0v) is 8.20. The van der Waals surface area contributed by atoms with Crippen LogP contribution >= 0.6 is 0 Å². The van der Waals surface area contributed by atoms with Crippen molar-refractivity contribution in [2.45, 2.75) is 0 Å². The molecule has 0 aromatic carbocycles. The zero-order chi connectivity index (χ0) is 8.99. The van der Waals surface area contributed by atoms with E-state index in [1.165, 1.54) is 0 Å². The van der Waals surface area contributed by atoms with Crippen molar-refractivity contribution in [3.05, 3.63) is 35.6 Å². The summed E-state index contributed by atoms with van der Waals surface area (Å²) in [6.07, 6.45) is 0. The second kappa shape index (κ2) is 75.2. The molecular formula is H6N5O7Pt-3. The minimum Gasteiger partial charge on any atom is -0.444 e. The Morgan fingerprint density at radius 2 is 0.923 bits per heavy atom. The summed E-state index contributed by atoms with van der Waals surface area (Å²) in [5.41, 5.74) is 0. The van der Waals surface area contributed by atoms with Gasteiger partial charge in [-0.05, 0) is 0 Å². The first-order valence-corrected chi connectivity index (χ1v) is 1.28. The Hall–Kier alpha value is -1.39. The van der Waals surface area contributed by atoms with Crippen molar-refractivity contribution < 1.29 is 26.2 Å². The van der Waals surface area contributed by atoms with Crippen LogP contribution in [-0.2, 0) is 21.1 Å². The third-order valence-electron chi connectivity index (χ3n) is 0. The minimum absolute atomic E-state index is 0. The van der Waals surface area contributed by atoms with Crippen LogP contribution in [0.4, 0.5) is 0 Å². The van der Waals surface area contributed by atoms with E-state index in [1.807, 2.05) is 0 Å². The monoisotopic (exact) mass is 383 g/mol. The Morgan fingerprint density at radius 3 is 0.923 bits per heavy atom. The maximum atomic E-state index is 8.25. The third-order valence-corrected chi connectivity index (χ3v) is 0. The molecule has 0 spiro atoms. The molecule has 0 aliphatic carbocycles. The van der Waals surface area contributed by atoms with E-state index in [-0.39, 0.29) is 33.4 Å². The van der Waals surface area contributed by atoms with Gasteiger partial charge in [-0.2, -0.15) is 0 Å². The van der Waals surface area contributed by atoms with Crippen LogP contribution in [0.2, 0.25) is 0 Å². The summed E-state index contributed by atoms with van der Waals surface area (Å²) in [4.78, 5) is 24.2. The molecule has 0 bridgehead atoms. The van der Waals surface area contributed by atoms with Crippen LogP contribution in [0.25, 0.3) is 0 Å². The van der Waals surface area contributed by atoms with E-state index >= 15 is 0 Å². The second-order valence-corrected chi connectivity index (χ2v) is 0.373. The largest absolute Gasteiger partial charge is 0.444 e. The van der Waals surface area contributed by atoms with E-state index in [9.17, 15) is 0 Å². The normalized spacial score (nSPS) is 3.69. The summed E-state index contributed by atoms with van der Waals surface area (Å²) < 4.78 is 0. The van der Waals surface area contributed by atoms with Gasteiger partial charge in [0.05, 0.1) is 5.09 Å². The Bertz CT molecular complexity index is 84.9. The van der Waals surface area contributed by atoms with Crippen molar-refractivity contribution in [2.24, 2.45) is 10.7 Å². The van der Waals surface area contributed by atoms with E-state index in [0.717, 1.165) is 10.7 Å². The quantitative estimate of drug-likeness (QED) is 0.337. The Morgan fingerprint density at radius 1 is 0.923 bits per heavy atom. The van der Waals surface area contributed by atoms with E-state index in [4.69, 9.17) is 35.6 Å². The molecule has 0 fully saturated rings. The molecule has 0 aliphatic heterocycles. The molecule has 86 valence electrons. The molecule has 13 heavy (non-hydrogen) atoms. The molecule has 0 radical (unpaired) electrons. The number of hydrogen-bond acceptors (Lipinski definition) is 11. The van der Waals surface area contributed by atoms with Crippen LogP contribution in [0, 0.1) is 35.6 Å². The molecular weight excluding hydrogens is 377 g/mol. The number of nitrogens with zero attached hydrogens (tertiary/aromatic N) is 3. The fraction of sp³-hybridized carbons (Fsp3) is 0. The molecule has 0 aromatic rings. The maximum Gasteiger partial charge on any atom is 0.0689 e.